The molecule has 0 amide bonds. The Kier molecular flexibility index (Phi) is 35.1. The molecule has 0 aliphatic carbocycles. The number of thiocarbonyl (C=S) groups is 6. The van der Waals surface area contributed by atoms with Crippen LogP contribution in [0.3, 0.4) is 0 Å². The molecule has 0 aliphatic heterocycles. The number of alkyl halides is 3. The molecule has 46 heavy (non-hydrogen) atoms. The Labute approximate surface area is 324 Å². The number of aliphatic imine (C=N–C) groups is 6. The van der Waals surface area contributed by atoms with Crippen molar-refractivity contribution in [1.29, 1.82) is 0 Å². The first kappa shape index (κ1) is 49.5. The number of halogens is 3. The zero-order chi connectivity index (χ0) is 35.7. The maximum absolute atomic E-state index is 11.5. The molecule has 0 aromatic heterocycles. The molecule has 0 aromatic rings. The topological polar surface area (TPSA) is 178 Å². The van der Waals surface area contributed by atoms with Crippen LogP contribution in [0.15, 0.2) is 30.0 Å². The van der Waals surface area contributed by atoms with Crippen LogP contribution in [-0.4, -0.2) is 133 Å². The van der Waals surface area contributed by atoms with Gasteiger partial charge in [0.25, 0.3) is 0 Å². The molecule has 0 unspecified atom stereocenters. The molecule has 0 atom stereocenters. The number of nitrogens with zero attached hydrogens (tertiary/aromatic N) is 6. The molecule has 254 valence electrons. The highest BCUT2D eigenvalue weighted by Gasteiger charge is 2.32. The second kappa shape index (κ2) is 32.6. The van der Waals surface area contributed by atoms with E-state index in [4.69, 9.17) is 14.9 Å². The third-order valence-corrected chi connectivity index (χ3v) is 9.82. The monoisotopic (exact) mass is 940 g/mol. The number of ether oxygens (including phenoxy) is 1. The van der Waals surface area contributed by atoms with Crippen molar-refractivity contribution in [2.45, 2.75) is 12.8 Å². The van der Waals surface area contributed by atoms with E-state index in [1.165, 1.54) is 0 Å². The average Bonchev–Trinajstić information content (AvgIpc) is 3.08. The number of hydrogen-bond donors (Lipinski definition) is 3. The van der Waals surface area contributed by atoms with Crippen molar-refractivity contribution in [2.75, 3.05) is 75.1 Å². The Hall–Kier alpha value is -0.900. The first-order valence-corrected chi connectivity index (χ1v) is 18.3. The van der Waals surface area contributed by atoms with Gasteiger partial charge in [-0.15, -0.1) is 0 Å². The maximum atomic E-state index is 11.5. The fourth-order valence-electron chi connectivity index (χ4n) is 2.54. The largest absolute Gasteiger partial charge is 0.481 e. The van der Waals surface area contributed by atoms with Crippen LogP contribution in [0.5, 0.6) is 0 Å². The highest BCUT2D eigenvalue weighted by atomic mass is 79.9. The zero-order valence-electron chi connectivity index (χ0n) is 24.2. The lowest BCUT2D eigenvalue weighted by Gasteiger charge is -2.27. The van der Waals surface area contributed by atoms with E-state index in [1.807, 2.05) is 0 Å². The number of rotatable bonds is 22. The number of carbonyl (C=O) groups excluding carboxylic acids is 1. The van der Waals surface area contributed by atoms with Gasteiger partial charge in [-0.3, -0.25) is 9.59 Å². The summed E-state index contributed by atoms with van der Waals surface area (Å²) < 4.78 is 5.08. The van der Waals surface area contributed by atoms with Gasteiger partial charge in [0, 0.05) is 21.4 Å². The summed E-state index contributed by atoms with van der Waals surface area (Å²) >= 11 is 37.0. The summed E-state index contributed by atoms with van der Waals surface area (Å²) in [5, 5.41) is 42.5. The van der Waals surface area contributed by atoms with Gasteiger partial charge in [-0.25, -0.2) is 30.0 Å². The van der Waals surface area contributed by atoms with Crippen molar-refractivity contribution in [1.82, 2.24) is 0 Å². The summed E-state index contributed by atoms with van der Waals surface area (Å²) in [7, 11) is 0. The van der Waals surface area contributed by atoms with Crippen molar-refractivity contribution in [3.63, 3.8) is 0 Å². The lowest BCUT2D eigenvalue weighted by molar-refractivity contribution is -0.150. The number of aliphatic hydroxyl groups is 2. The van der Waals surface area contributed by atoms with E-state index in [1.54, 1.807) is 0 Å². The summed E-state index contributed by atoms with van der Waals surface area (Å²) in [6.45, 7) is 1.21. The van der Waals surface area contributed by atoms with Crippen LogP contribution in [-0.2, 0) is 14.3 Å². The molecule has 0 aliphatic rings. The Balaban J connectivity index is -0.000000663. The average molecular weight is 944 g/mol. The minimum Gasteiger partial charge on any atom is -0.481 e. The molecule has 0 aromatic carbocycles. The molecule has 0 saturated heterocycles. The van der Waals surface area contributed by atoms with Crippen LogP contribution >= 0.6 is 121 Å². The quantitative estimate of drug-likeness (QED) is 0.0567. The fraction of sp³-hybridized carbons (Fsp3) is 0.680. The van der Waals surface area contributed by atoms with Gasteiger partial charge in [0.05, 0.1) is 107 Å². The lowest BCUT2D eigenvalue weighted by atomic mass is 9.89. The first-order chi connectivity index (χ1) is 22.0. The molecule has 0 bridgehead atoms. The predicted molar refractivity (Wildman–Crippen MR) is 210 cm³/mol. The van der Waals surface area contributed by atoms with Crippen molar-refractivity contribution in [3.8, 4) is 0 Å². The highest BCUT2D eigenvalue weighted by Crippen LogP contribution is 2.24. The third-order valence-electron chi connectivity index (χ3n) is 5.48. The van der Waals surface area contributed by atoms with Crippen LogP contribution in [0.25, 0.3) is 0 Å². The molecule has 12 nitrogen and oxygen atoms in total. The van der Waals surface area contributed by atoms with E-state index >= 15 is 0 Å². The number of carboxylic acid groups (broad SMARTS) is 1. The second-order valence-corrected chi connectivity index (χ2v) is 12.0. The van der Waals surface area contributed by atoms with Gasteiger partial charge >= 0.3 is 11.9 Å². The van der Waals surface area contributed by atoms with Gasteiger partial charge in [-0.1, -0.05) is 47.8 Å². The van der Waals surface area contributed by atoms with E-state index in [0.29, 0.717) is 0 Å². The number of isothiocyanates is 6. The third kappa shape index (κ3) is 25.2. The highest BCUT2D eigenvalue weighted by molar-refractivity contribution is 9.10. The van der Waals surface area contributed by atoms with E-state index in [2.05, 4.69) is 182 Å². The van der Waals surface area contributed by atoms with Crippen molar-refractivity contribution < 1.29 is 29.6 Å². The van der Waals surface area contributed by atoms with E-state index in [-0.39, 0.29) is 77.3 Å². The smallest absolute Gasteiger partial charge is 0.306 e. The summed E-state index contributed by atoms with van der Waals surface area (Å²) in [5.74, 6) is -1.72. The Bertz CT molecular complexity index is 1110. The number of aliphatic hydroxyl groups excluding tert-OH is 2. The van der Waals surface area contributed by atoms with Crippen LogP contribution in [0.4, 0.5) is 0 Å². The molecular formula is C25H31Br3N6O6S6. The standard InChI is InChI=1S/C12H13N3O4S3.C8H9N3OS3.C5H9Br3O/c16-10(17)1-2-11(18)19-6-12(3-13-7-20,4-14-8-21)5-15-9-22;12-4-8(1-9-5-13,2-10-6-14)3-11-7-15;6-1-5(2-7,3-8)4-9/h1-6H2,(H,16,17);12H,1-4H2;9H,1-4H2. The normalized spacial score (nSPS) is 12.1. The summed E-state index contributed by atoms with van der Waals surface area (Å²) in [4.78, 5) is 44.8. The number of hydrogen-bond acceptors (Lipinski definition) is 17. The number of aliphatic carboxylic acids is 1. The molecule has 0 rings (SSSR count). The SMILES string of the molecule is O=C(O)CCC(=O)OCC(CN=C=S)(CN=C=S)CN=C=S.OCC(CBr)(CBr)CBr.OCC(CN=C=S)(CN=C=S)CN=C=S. The molecule has 0 fully saturated rings. The van der Waals surface area contributed by atoms with Crippen LogP contribution in [0, 0.1) is 16.2 Å². The molecule has 0 saturated carbocycles. The fourth-order valence-corrected chi connectivity index (χ4v) is 6.24. The summed E-state index contributed by atoms with van der Waals surface area (Å²) in [5.41, 5.74) is -1.47. The minimum absolute atomic E-state index is 0.0278. The van der Waals surface area contributed by atoms with Crippen molar-refractivity contribution in [2.24, 2.45) is 46.2 Å². The van der Waals surface area contributed by atoms with Gasteiger partial charge in [-0.2, -0.15) is 0 Å². The lowest BCUT2D eigenvalue weighted by Crippen LogP contribution is -2.37. The van der Waals surface area contributed by atoms with Crippen LogP contribution in [0.2, 0.25) is 0 Å². The Morgan fingerprint density at radius 3 is 1.09 bits per heavy atom. The van der Waals surface area contributed by atoms with Gasteiger partial charge in [-0.05, 0) is 73.3 Å². The molecular weight excluding hydrogens is 912 g/mol. The van der Waals surface area contributed by atoms with E-state index in [9.17, 15) is 14.7 Å². The van der Waals surface area contributed by atoms with Crippen molar-refractivity contribution >= 4 is 164 Å². The number of carbonyl (C=O) groups is 2. The molecule has 3 N–H and O–H groups in total. The van der Waals surface area contributed by atoms with Gasteiger partial charge in [0.1, 0.15) is 6.61 Å². The predicted octanol–water partition coefficient (Wildman–Crippen LogP) is 5.11. The van der Waals surface area contributed by atoms with E-state index < -0.39 is 22.8 Å². The number of esters is 1. The van der Waals surface area contributed by atoms with Crippen molar-refractivity contribution in [3.05, 3.63) is 0 Å². The first-order valence-electron chi connectivity index (χ1n) is 12.5. The molecule has 0 heterocycles. The number of carboxylic acids is 1. The van der Waals surface area contributed by atoms with Crippen LogP contribution in [0.1, 0.15) is 12.8 Å². The Morgan fingerprint density at radius 2 is 0.870 bits per heavy atom. The molecule has 0 spiro atoms. The second-order valence-electron chi connectivity index (χ2n) is 9.22. The van der Waals surface area contributed by atoms with Gasteiger partial charge in [0.2, 0.25) is 0 Å². The van der Waals surface area contributed by atoms with Crippen LogP contribution < -0.4 is 0 Å². The minimum atomic E-state index is -1.08. The van der Waals surface area contributed by atoms with Gasteiger partial charge < -0.3 is 20.1 Å². The molecule has 21 heteroatoms. The van der Waals surface area contributed by atoms with E-state index in [0.717, 1.165) is 16.0 Å². The summed E-state index contributed by atoms with van der Waals surface area (Å²) in [6, 6.07) is 0. The maximum Gasteiger partial charge on any atom is 0.306 e. The van der Waals surface area contributed by atoms with Gasteiger partial charge in [0.15, 0.2) is 0 Å². The Morgan fingerprint density at radius 1 is 0.565 bits per heavy atom. The molecule has 0 radical (unpaired) electrons. The zero-order valence-corrected chi connectivity index (χ0v) is 33.9. The summed E-state index contributed by atoms with van der Waals surface area (Å²) in [6.07, 6.45) is -0.533.